The van der Waals surface area contributed by atoms with Gasteiger partial charge in [0, 0.05) is 23.8 Å². The summed E-state index contributed by atoms with van der Waals surface area (Å²) < 4.78 is 5.16. The zero-order chi connectivity index (χ0) is 16.6. The molecule has 23 heavy (non-hydrogen) atoms. The highest BCUT2D eigenvalue weighted by Crippen LogP contribution is 2.28. The molecule has 0 fully saturated rings. The Morgan fingerprint density at radius 2 is 1.57 bits per heavy atom. The number of nitro groups is 2. The molecule has 1 aromatic heterocycles. The number of hydrogen-bond donors (Lipinski definition) is 0. The van der Waals surface area contributed by atoms with Crippen molar-refractivity contribution in [2.75, 3.05) is 0 Å². The monoisotopic (exact) mass is 312 g/mol. The van der Waals surface area contributed by atoms with Crippen molar-refractivity contribution in [1.82, 2.24) is 0 Å². The normalized spacial score (nSPS) is 10.6. The molecule has 0 N–H and O–H groups in total. The second kappa shape index (κ2) is 5.34. The molecule has 8 heteroatoms. The molecular weight excluding hydrogens is 304 g/mol. The van der Waals surface area contributed by atoms with Crippen molar-refractivity contribution in [1.29, 1.82) is 0 Å². The van der Waals surface area contributed by atoms with Crippen molar-refractivity contribution in [2.24, 2.45) is 0 Å². The Morgan fingerprint density at radius 3 is 2.17 bits per heavy atom. The highest BCUT2D eigenvalue weighted by Gasteiger charge is 2.16. The van der Waals surface area contributed by atoms with E-state index in [9.17, 15) is 25.0 Å². The summed E-state index contributed by atoms with van der Waals surface area (Å²) in [5, 5.41) is 22.0. The van der Waals surface area contributed by atoms with Crippen LogP contribution in [0.1, 0.15) is 0 Å². The van der Waals surface area contributed by atoms with E-state index in [-0.39, 0.29) is 27.9 Å². The summed E-state index contributed by atoms with van der Waals surface area (Å²) >= 11 is 0. The zero-order valence-corrected chi connectivity index (χ0v) is 11.5. The Kier molecular flexibility index (Phi) is 3.34. The van der Waals surface area contributed by atoms with Crippen molar-refractivity contribution in [3.63, 3.8) is 0 Å². The number of rotatable bonds is 3. The molecule has 1 heterocycles. The first-order chi connectivity index (χ1) is 11.0. The highest BCUT2D eigenvalue weighted by atomic mass is 16.6. The highest BCUT2D eigenvalue weighted by molar-refractivity contribution is 5.91. The SMILES string of the molecule is O=c1oc(-c2ccc([N+](=O)[O-])cc2)cc2c([N+](=O)[O-])cccc12. The molecule has 0 unspecified atom stereocenters. The zero-order valence-electron chi connectivity index (χ0n) is 11.5. The van der Waals surface area contributed by atoms with Crippen molar-refractivity contribution < 1.29 is 14.3 Å². The minimum absolute atomic E-state index is 0.102. The standard InChI is InChI=1S/C15H8N2O6/c18-15-11-2-1-3-13(17(21)22)12(11)8-14(23-15)9-4-6-10(7-5-9)16(19)20/h1-8H. The van der Waals surface area contributed by atoms with Crippen LogP contribution >= 0.6 is 0 Å². The predicted molar refractivity (Wildman–Crippen MR) is 81.2 cm³/mol. The van der Waals surface area contributed by atoms with Gasteiger partial charge in [0.1, 0.15) is 5.76 Å². The fourth-order valence-corrected chi connectivity index (χ4v) is 2.25. The molecule has 3 rings (SSSR count). The second-order valence-electron chi connectivity index (χ2n) is 4.70. The van der Waals surface area contributed by atoms with Crippen LogP contribution in [-0.2, 0) is 0 Å². The Morgan fingerprint density at radius 1 is 0.870 bits per heavy atom. The van der Waals surface area contributed by atoms with E-state index in [1.54, 1.807) is 0 Å². The molecule has 2 aromatic carbocycles. The van der Waals surface area contributed by atoms with Crippen LogP contribution in [0.4, 0.5) is 11.4 Å². The van der Waals surface area contributed by atoms with Gasteiger partial charge in [0.15, 0.2) is 0 Å². The van der Waals surface area contributed by atoms with Gasteiger partial charge in [-0.2, -0.15) is 0 Å². The van der Waals surface area contributed by atoms with Gasteiger partial charge < -0.3 is 4.42 Å². The van der Waals surface area contributed by atoms with Crippen LogP contribution in [0.15, 0.2) is 57.7 Å². The van der Waals surface area contributed by atoms with Crippen molar-refractivity contribution in [3.8, 4) is 11.3 Å². The van der Waals surface area contributed by atoms with E-state index in [4.69, 9.17) is 4.42 Å². The van der Waals surface area contributed by atoms with Gasteiger partial charge >= 0.3 is 5.63 Å². The summed E-state index contributed by atoms with van der Waals surface area (Å²) in [5.41, 5.74) is -0.617. The lowest BCUT2D eigenvalue weighted by molar-refractivity contribution is -0.384. The molecule has 0 bridgehead atoms. The van der Waals surface area contributed by atoms with Gasteiger partial charge in [0.2, 0.25) is 0 Å². The van der Waals surface area contributed by atoms with Crippen LogP contribution in [0.25, 0.3) is 22.1 Å². The van der Waals surface area contributed by atoms with Crippen molar-refractivity contribution in [2.45, 2.75) is 0 Å². The van der Waals surface area contributed by atoms with Crippen LogP contribution in [0.2, 0.25) is 0 Å². The maximum Gasteiger partial charge on any atom is 0.344 e. The van der Waals surface area contributed by atoms with Crippen molar-refractivity contribution in [3.05, 3.63) is 79.2 Å². The number of nitrogens with zero attached hydrogens (tertiary/aromatic N) is 2. The topological polar surface area (TPSA) is 116 Å². The maximum atomic E-state index is 12.0. The molecule has 0 spiro atoms. The summed E-state index contributed by atoms with van der Waals surface area (Å²) in [6, 6.07) is 10.9. The molecule has 0 saturated carbocycles. The lowest BCUT2D eigenvalue weighted by atomic mass is 10.1. The molecule has 0 amide bonds. The molecule has 0 atom stereocenters. The van der Waals surface area contributed by atoms with E-state index in [0.717, 1.165) is 0 Å². The molecule has 0 aliphatic rings. The second-order valence-corrected chi connectivity index (χ2v) is 4.70. The first-order valence-electron chi connectivity index (χ1n) is 6.43. The first kappa shape index (κ1) is 14.4. The molecule has 0 saturated heterocycles. The van der Waals surface area contributed by atoms with Crippen molar-refractivity contribution >= 4 is 22.1 Å². The smallest absolute Gasteiger partial charge is 0.344 e. The summed E-state index contributed by atoms with van der Waals surface area (Å²) in [6.45, 7) is 0. The summed E-state index contributed by atoms with van der Waals surface area (Å²) in [7, 11) is 0. The Balaban J connectivity index is 2.22. The molecule has 0 aliphatic heterocycles. The largest absolute Gasteiger partial charge is 0.422 e. The Hall–Kier alpha value is -3.55. The Bertz CT molecular complexity index is 991. The van der Waals surface area contributed by atoms with Gasteiger partial charge in [0.05, 0.1) is 20.6 Å². The average molecular weight is 312 g/mol. The summed E-state index contributed by atoms with van der Waals surface area (Å²) in [4.78, 5) is 32.6. The summed E-state index contributed by atoms with van der Waals surface area (Å²) in [5.74, 6) is 0.103. The number of fused-ring (bicyclic) bond motifs is 1. The van der Waals surface area contributed by atoms with Gasteiger partial charge in [0.25, 0.3) is 11.4 Å². The third kappa shape index (κ3) is 2.53. The average Bonchev–Trinajstić information content (AvgIpc) is 2.54. The molecular formula is C15H8N2O6. The molecule has 0 aliphatic carbocycles. The van der Waals surface area contributed by atoms with Crippen LogP contribution in [-0.4, -0.2) is 9.85 Å². The quantitative estimate of drug-likeness (QED) is 0.541. The van der Waals surface area contributed by atoms with Gasteiger partial charge in [-0.1, -0.05) is 6.07 Å². The lowest BCUT2D eigenvalue weighted by Gasteiger charge is -2.03. The van der Waals surface area contributed by atoms with E-state index in [2.05, 4.69) is 0 Å². The van der Waals surface area contributed by atoms with E-state index >= 15 is 0 Å². The minimum Gasteiger partial charge on any atom is -0.422 e. The lowest BCUT2D eigenvalue weighted by Crippen LogP contribution is -2.02. The van der Waals surface area contributed by atoms with E-state index in [0.29, 0.717) is 5.56 Å². The maximum absolute atomic E-state index is 12.0. The van der Waals surface area contributed by atoms with E-state index in [1.165, 1.54) is 48.5 Å². The minimum atomic E-state index is -0.709. The van der Waals surface area contributed by atoms with E-state index in [1.807, 2.05) is 0 Å². The van der Waals surface area contributed by atoms with Crippen LogP contribution < -0.4 is 5.63 Å². The third-order valence-corrected chi connectivity index (χ3v) is 3.34. The molecule has 114 valence electrons. The number of nitro benzene ring substituents is 2. The number of non-ortho nitro benzene ring substituents is 2. The molecule has 0 radical (unpaired) electrons. The Labute approximate surface area is 127 Å². The molecule has 3 aromatic rings. The van der Waals surface area contributed by atoms with Gasteiger partial charge in [-0.15, -0.1) is 0 Å². The fraction of sp³-hybridized carbons (Fsp3) is 0. The van der Waals surface area contributed by atoms with E-state index < -0.39 is 15.5 Å². The van der Waals surface area contributed by atoms with Crippen LogP contribution in [0.3, 0.4) is 0 Å². The van der Waals surface area contributed by atoms with Crippen LogP contribution in [0, 0.1) is 20.2 Å². The fourth-order valence-electron chi connectivity index (χ4n) is 2.25. The van der Waals surface area contributed by atoms with Gasteiger partial charge in [-0.25, -0.2) is 4.79 Å². The third-order valence-electron chi connectivity index (χ3n) is 3.34. The van der Waals surface area contributed by atoms with Gasteiger partial charge in [-0.3, -0.25) is 20.2 Å². The molecule has 8 nitrogen and oxygen atoms in total. The number of hydrogen-bond acceptors (Lipinski definition) is 6. The predicted octanol–water partition coefficient (Wildman–Crippen LogP) is 3.28. The van der Waals surface area contributed by atoms with Gasteiger partial charge in [-0.05, 0) is 24.3 Å². The van der Waals surface area contributed by atoms with Crippen LogP contribution in [0.5, 0.6) is 0 Å². The first-order valence-corrected chi connectivity index (χ1v) is 6.43. The summed E-state index contributed by atoms with van der Waals surface area (Å²) in [6.07, 6.45) is 0. The number of benzene rings is 2.